The Morgan fingerprint density at radius 3 is 2.75 bits per heavy atom. The summed E-state index contributed by atoms with van der Waals surface area (Å²) in [4.78, 5) is 12.1. The van der Waals surface area contributed by atoms with Gasteiger partial charge in [-0.15, -0.1) is 0 Å². The first kappa shape index (κ1) is 15.4. The zero-order valence-corrected chi connectivity index (χ0v) is 13.1. The fourth-order valence-electron chi connectivity index (χ4n) is 2.71. The van der Waals surface area contributed by atoms with E-state index in [4.69, 9.17) is 11.6 Å². The van der Waals surface area contributed by atoms with Gasteiger partial charge in [0.05, 0.1) is 11.9 Å². The quantitative estimate of drug-likeness (QED) is 0.904. The third-order valence-corrected chi connectivity index (χ3v) is 4.19. The summed E-state index contributed by atoms with van der Waals surface area (Å²) in [5, 5.41) is 7.76. The molecule has 1 fully saturated rings. The molecule has 20 heavy (non-hydrogen) atoms. The van der Waals surface area contributed by atoms with Gasteiger partial charge in [-0.1, -0.05) is 44.7 Å². The Morgan fingerprint density at radius 1 is 1.40 bits per heavy atom. The Kier molecular flexibility index (Phi) is 5.46. The van der Waals surface area contributed by atoms with E-state index in [9.17, 15) is 4.79 Å². The van der Waals surface area contributed by atoms with Crippen molar-refractivity contribution in [2.75, 3.05) is 11.9 Å². The summed E-state index contributed by atoms with van der Waals surface area (Å²) in [5.74, 6) is 1.07. The van der Waals surface area contributed by atoms with Crippen LogP contribution in [0.3, 0.4) is 0 Å². The van der Waals surface area contributed by atoms with E-state index < -0.39 is 0 Å². The van der Waals surface area contributed by atoms with E-state index >= 15 is 0 Å². The minimum Gasteiger partial charge on any atom is -0.382 e. The topological polar surface area (TPSA) is 46.9 Å². The Labute approximate surface area is 125 Å². The predicted octanol–water partition coefficient (Wildman–Crippen LogP) is 3.54. The predicted molar refractivity (Wildman–Crippen MR) is 83.4 cm³/mol. The van der Waals surface area contributed by atoms with E-state index in [-0.39, 0.29) is 10.6 Å². The maximum atomic E-state index is 12.1. The summed E-state index contributed by atoms with van der Waals surface area (Å²) >= 11 is 6.16. The van der Waals surface area contributed by atoms with E-state index in [1.165, 1.54) is 36.8 Å². The monoisotopic (exact) mass is 297 g/mol. The van der Waals surface area contributed by atoms with Gasteiger partial charge in [-0.3, -0.25) is 4.79 Å². The first-order chi connectivity index (χ1) is 9.58. The van der Waals surface area contributed by atoms with Gasteiger partial charge in [-0.25, -0.2) is 4.68 Å². The van der Waals surface area contributed by atoms with Crippen molar-refractivity contribution in [1.82, 2.24) is 9.78 Å². The lowest BCUT2D eigenvalue weighted by molar-refractivity contribution is 0.373. The molecule has 0 aliphatic heterocycles. The van der Waals surface area contributed by atoms with Crippen molar-refractivity contribution in [3.8, 4) is 0 Å². The van der Waals surface area contributed by atoms with Gasteiger partial charge in [0, 0.05) is 13.1 Å². The molecule has 1 N–H and O–H groups in total. The lowest BCUT2D eigenvalue weighted by Gasteiger charge is -2.22. The number of aromatic nitrogens is 2. The van der Waals surface area contributed by atoms with E-state index in [1.807, 2.05) is 0 Å². The SMILES string of the molecule is CC(C)Cn1ncc(NCC2CCCCC2)c(Cl)c1=O. The normalized spacial score (nSPS) is 16.6. The molecular weight excluding hydrogens is 274 g/mol. The number of hydrogen-bond donors (Lipinski definition) is 1. The smallest absolute Gasteiger partial charge is 0.287 e. The molecule has 0 aromatic carbocycles. The van der Waals surface area contributed by atoms with Crippen LogP contribution in [0.5, 0.6) is 0 Å². The summed E-state index contributed by atoms with van der Waals surface area (Å²) in [6, 6.07) is 0. The maximum absolute atomic E-state index is 12.1. The zero-order chi connectivity index (χ0) is 14.5. The molecule has 0 radical (unpaired) electrons. The summed E-state index contributed by atoms with van der Waals surface area (Å²) < 4.78 is 1.44. The lowest BCUT2D eigenvalue weighted by atomic mass is 9.89. The van der Waals surface area contributed by atoms with Crippen molar-refractivity contribution in [2.24, 2.45) is 11.8 Å². The Morgan fingerprint density at radius 2 is 2.10 bits per heavy atom. The molecule has 0 saturated heterocycles. The van der Waals surface area contributed by atoms with E-state index in [2.05, 4.69) is 24.3 Å². The number of nitrogens with zero attached hydrogens (tertiary/aromatic N) is 2. The number of nitrogens with one attached hydrogen (secondary N) is 1. The van der Waals surface area contributed by atoms with Crippen LogP contribution in [0.25, 0.3) is 0 Å². The summed E-state index contributed by atoms with van der Waals surface area (Å²) in [6.45, 7) is 5.59. The van der Waals surface area contributed by atoms with E-state index in [1.54, 1.807) is 6.20 Å². The average molecular weight is 298 g/mol. The zero-order valence-electron chi connectivity index (χ0n) is 12.4. The molecule has 1 aromatic heterocycles. The van der Waals surface area contributed by atoms with Crippen LogP contribution in [-0.4, -0.2) is 16.3 Å². The molecule has 1 aromatic rings. The molecule has 1 aliphatic rings. The molecule has 0 bridgehead atoms. The third kappa shape index (κ3) is 3.98. The standard InChI is InChI=1S/C15H24ClN3O/c1-11(2)10-19-15(20)14(16)13(9-18-19)17-8-12-6-4-3-5-7-12/h9,11-12,17H,3-8,10H2,1-2H3. The van der Waals surface area contributed by atoms with Gasteiger partial charge in [-0.05, 0) is 24.7 Å². The molecule has 0 spiro atoms. The van der Waals surface area contributed by atoms with Gasteiger partial charge in [0.15, 0.2) is 0 Å². The first-order valence-corrected chi connectivity index (χ1v) is 7.95. The first-order valence-electron chi connectivity index (χ1n) is 7.57. The van der Waals surface area contributed by atoms with Gasteiger partial charge in [-0.2, -0.15) is 5.10 Å². The van der Waals surface area contributed by atoms with E-state index in [0.717, 1.165) is 6.54 Å². The molecule has 0 atom stereocenters. The molecule has 112 valence electrons. The summed E-state index contributed by atoms with van der Waals surface area (Å²) in [7, 11) is 0. The van der Waals surface area contributed by atoms with Crippen LogP contribution < -0.4 is 10.9 Å². The van der Waals surface area contributed by atoms with Crippen molar-refractivity contribution < 1.29 is 0 Å². The number of rotatable bonds is 5. The molecule has 1 heterocycles. The third-order valence-electron chi connectivity index (χ3n) is 3.83. The van der Waals surface area contributed by atoms with Crippen LogP contribution in [0.2, 0.25) is 5.02 Å². The second-order valence-electron chi connectivity index (χ2n) is 6.14. The molecular formula is C15H24ClN3O. The van der Waals surface area contributed by atoms with Gasteiger partial charge < -0.3 is 5.32 Å². The van der Waals surface area contributed by atoms with Crippen LogP contribution in [-0.2, 0) is 6.54 Å². The molecule has 5 heteroatoms. The molecule has 1 aliphatic carbocycles. The fraction of sp³-hybridized carbons (Fsp3) is 0.733. The maximum Gasteiger partial charge on any atom is 0.287 e. The highest BCUT2D eigenvalue weighted by molar-refractivity contribution is 6.32. The lowest BCUT2D eigenvalue weighted by Crippen LogP contribution is -2.27. The van der Waals surface area contributed by atoms with Crippen LogP contribution >= 0.6 is 11.6 Å². The molecule has 0 unspecified atom stereocenters. The van der Waals surface area contributed by atoms with Crippen LogP contribution in [0, 0.1) is 11.8 Å². The number of anilines is 1. The highest BCUT2D eigenvalue weighted by atomic mass is 35.5. The highest BCUT2D eigenvalue weighted by Crippen LogP contribution is 2.24. The fourth-order valence-corrected chi connectivity index (χ4v) is 2.92. The van der Waals surface area contributed by atoms with Crippen LogP contribution in [0.1, 0.15) is 46.0 Å². The second-order valence-corrected chi connectivity index (χ2v) is 6.52. The molecule has 4 nitrogen and oxygen atoms in total. The van der Waals surface area contributed by atoms with Crippen molar-refractivity contribution in [3.05, 3.63) is 21.6 Å². The minimum atomic E-state index is -0.200. The number of hydrogen-bond acceptors (Lipinski definition) is 3. The van der Waals surface area contributed by atoms with E-state index in [0.29, 0.717) is 24.1 Å². The highest BCUT2D eigenvalue weighted by Gasteiger charge is 2.15. The molecule has 0 amide bonds. The summed E-state index contributed by atoms with van der Waals surface area (Å²) in [5.41, 5.74) is 0.469. The minimum absolute atomic E-state index is 0.200. The number of halogens is 1. The van der Waals surface area contributed by atoms with Crippen molar-refractivity contribution in [3.63, 3.8) is 0 Å². The van der Waals surface area contributed by atoms with Gasteiger partial charge >= 0.3 is 0 Å². The van der Waals surface area contributed by atoms with Crippen molar-refractivity contribution in [1.29, 1.82) is 0 Å². The largest absolute Gasteiger partial charge is 0.382 e. The van der Waals surface area contributed by atoms with Crippen molar-refractivity contribution in [2.45, 2.75) is 52.5 Å². The second kappa shape index (κ2) is 7.11. The van der Waals surface area contributed by atoms with Gasteiger partial charge in [0.25, 0.3) is 5.56 Å². The average Bonchev–Trinajstić information content (AvgIpc) is 2.44. The molecule has 2 rings (SSSR count). The van der Waals surface area contributed by atoms with Gasteiger partial charge in [0.1, 0.15) is 5.02 Å². The van der Waals surface area contributed by atoms with Crippen molar-refractivity contribution >= 4 is 17.3 Å². The Hall–Kier alpha value is -1.03. The van der Waals surface area contributed by atoms with Gasteiger partial charge in [0.2, 0.25) is 0 Å². The van der Waals surface area contributed by atoms with Crippen LogP contribution in [0.15, 0.2) is 11.0 Å². The Bertz CT molecular complexity index is 492. The summed E-state index contributed by atoms with van der Waals surface area (Å²) in [6.07, 6.45) is 8.19. The molecule has 1 saturated carbocycles. The van der Waals surface area contributed by atoms with Crippen LogP contribution in [0.4, 0.5) is 5.69 Å². The Balaban J connectivity index is 2.01.